The van der Waals surface area contributed by atoms with E-state index in [2.05, 4.69) is 24.0 Å². The number of benzene rings is 1. The quantitative estimate of drug-likeness (QED) is 0.657. The average Bonchev–Trinajstić information content (AvgIpc) is 2.92. The number of carbonyl (C=O) groups is 1. The Kier molecular flexibility index (Phi) is 6.61. The van der Waals surface area contributed by atoms with E-state index in [9.17, 15) is 10.1 Å². The van der Waals surface area contributed by atoms with Crippen molar-refractivity contribution in [2.75, 3.05) is 31.2 Å². The molecule has 1 aliphatic heterocycles. The monoisotopic (exact) mass is 314 g/mol. The first kappa shape index (κ1) is 17.5. The smallest absolute Gasteiger partial charge is 0.134 e. The van der Waals surface area contributed by atoms with Gasteiger partial charge < -0.3 is 9.64 Å². The summed E-state index contributed by atoms with van der Waals surface area (Å²) in [7, 11) is 0. The molecule has 4 heteroatoms. The fourth-order valence-electron chi connectivity index (χ4n) is 3.10. The Morgan fingerprint density at radius 3 is 2.83 bits per heavy atom. The largest absolute Gasteiger partial charge is 0.381 e. The summed E-state index contributed by atoms with van der Waals surface area (Å²) in [6.07, 6.45) is 4.61. The highest BCUT2D eigenvalue weighted by molar-refractivity contribution is 5.79. The molecule has 23 heavy (non-hydrogen) atoms. The van der Waals surface area contributed by atoms with Crippen molar-refractivity contribution in [2.45, 2.75) is 46.0 Å². The topological polar surface area (TPSA) is 53.3 Å². The van der Waals surface area contributed by atoms with Gasteiger partial charge in [-0.05, 0) is 43.4 Å². The van der Waals surface area contributed by atoms with Gasteiger partial charge in [0.05, 0.1) is 11.3 Å². The Balaban J connectivity index is 1.98. The first-order chi connectivity index (χ1) is 11.2. The normalized spacial score (nSPS) is 13.0. The summed E-state index contributed by atoms with van der Waals surface area (Å²) in [6, 6.07) is 6.27. The molecule has 0 saturated heterocycles. The summed E-state index contributed by atoms with van der Waals surface area (Å²) < 4.78 is 5.61. The molecule has 0 saturated carbocycles. The Bertz CT molecular complexity index is 590. The Labute approximate surface area is 139 Å². The number of ether oxygens (including phenoxy) is 1. The van der Waals surface area contributed by atoms with Crippen molar-refractivity contribution >= 4 is 11.5 Å². The third-order valence-corrected chi connectivity index (χ3v) is 4.15. The fourth-order valence-corrected chi connectivity index (χ4v) is 3.10. The van der Waals surface area contributed by atoms with E-state index in [1.807, 2.05) is 6.07 Å². The summed E-state index contributed by atoms with van der Waals surface area (Å²) in [5, 5.41) is 9.46. The maximum absolute atomic E-state index is 11.3. The average molecular weight is 314 g/mol. The van der Waals surface area contributed by atoms with Crippen LogP contribution >= 0.6 is 0 Å². The van der Waals surface area contributed by atoms with E-state index < -0.39 is 0 Å². The van der Waals surface area contributed by atoms with Crippen LogP contribution in [0.2, 0.25) is 0 Å². The number of ketones is 1. The lowest BCUT2D eigenvalue weighted by Gasteiger charge is -2.20. The van der Waals surface area contributed by atoms with Crippen LogP contribution < -0.4 is 4.90 Å². The van der Waals surface area contributed by atoms with E-state index in [1.165, 1.54) is 5.56 Å². The number of rotatable bonds is 9. The third kappa shape index (κ3) is 4.80. The summed E-state index contributed by atoms with van der Waals surface area (Å²) in [5.41, 5.74) is 3.92. The SMILES string of the molecule is CCCCOCCCN1CCc2cc(CC(C)=O)cc(C#N)c21. The molecule has 2 rings (SSSR count). The molecule has 0 unspecified atom stereocenters. The van der Waals surface area contributed by atoms with E-state index in [4.69, 9.17) is 4.74 Å². The lowest BCUT2D eigenvalue weighted by atomic mass is 10.0. The van der Waals surface area contributed by atoms with Gasteiger partial charge in [-0.3, -0.25) is 4.79 Å². The van der Waals surface area contributed by atoms with Crippen LogP contribution in [-0.4, -0.2) is 32.1 Å². The first-order valence-electron chi connectivity index (χ1n) is 8.53. The number of nitrogens with zero attached hydrogens (tertiary/aromatic N) is 2. The highest BCUT2D eigenvalue weighted by Gasteiger charge is 2.23. The highest BCUT2D eigenvalue weighted by atomic mass is 16.5. The number of carbonyl (C=O) groups excluding carboxylic acids is 1. The molecule has 4 nitrogen and oxygen atoms in total. The van der Waals surface area contributed by atoms with Crippen LogP contribution in [0.15, 0.2) is 12.1 Å². The van der Waals surface area contributed by atoms with E-state index in [1.54, 1.807) is 6.92 Å². The number of hydrogen-bond donors (Lipinski definition) is 0. The maximum Gasteiger partial charge on any atom is 0.134 e. The number of hydrogen-bond acceptors (Lipinski definition) is 4. The predicted molar refractivity (Wildman–Crippen MR) is 91.8 cm³/mol. The maximum atomic E-state index is 11.3. The van der Waals surface area contributed by atoms with E-state index >= 15 is 0 Å². The lowest BCUT2D eigenvalue weighted by molar-refractivity contribution is -0.116. The summed E-state index contributed by atoms with van der Waals surface area (Å²) in [6.45, 7) is 7.22. The number of unbranched alkanes of at least 4 members (excludes halogenated alkanes) is 1. The first-order valence-corrected chi connectivity index (χ1v) is 8.53. The number of anilines is 1. The predicted octanol–water partition coefficient (Wildman–Crippen LogP) is 3.26. The molecule has 1 aromatic rings. The second-order valence-corrected chi connectivity index (χ2v) is 6.20. The number of Topliss-reactive ketones (excluding diaryl/α,β-unsaturated/α-hetero) is 1. The lowest BCUT2D eigenvalue weighted by Crippen LogP contribution is -2.23. The molecule has 0 aliphatic carbocycles. The molecule has 1 heterocycles. The zero-order valence-corrected chi connectivity index (χ0v) is 14.2. The van der Waals surface area contributed by atoms with Gasteiger partial charge in [0.2, 0.25) is 0 Å². The van der Waals surface area contributed by atoms with E-state index in [0.717, 1.165) is 63.2 Å². The van der Waals surface area contributed by atoms with E-state index in [0.29, 0.717) is 12.0 Å². The number of fused-ring (bicyclic) bond motifs is 1. The molecule has 0 aromatic heterocycles. The van der Waals surface area contributed by atoms with Gasteiger partial charge in [0.25, 0.3) is 0 Å². The molecule has 0 spiro atoms. The van der Waals surface area contributed by atoms with Crippen LogP contribution in [0.3, 0.4) is 0 Å². The van der Waals surface area contributed by atoms with Crippen molar-refractivity contribution in [1.82, 2.24) is 0 Å². The zero-order valence-electron chi connectivity index (χ0n) is 14.2. The van der Waals surface area contributed by atoms with Crippen LogP contribution in [0.4, 0.5) is 5.69 Å². The molecule has 0 atom stereocenters. The van der Waals surface area contributed by atoms with Gasteiger partial charge in [-0.25, -0.2) is 0 Å². The van der Waals surface area contributed by atoms with Gasteiger partial charge in [-0.2, -0.15) is 5.26 Å². The van der Waals surface area contributed by atoms with Gasteiger partial charge in [0.1, 0.15) is 11.9 Å². The van der Waals surface area contributed by atoms with Crippen molar-refractivity contribution in [1.29, 1.82) is 5.26 Å². The van der Waals surface area contributed by atoms with Gasteiger partial charge in [0, 0.05) is 32.7 Å². The van der Waals surface area contributed by atoms with Crippen molar-refractivity contribution < 1.29 is 9.53 Å². The summed E-state index contributed by atoms with van der Waals surface area (Å²) in [5.74, 6) is 0.132. The molecule has 124 valence electrons. The molecule has 0 fully saturated rings. The third-order valence-electron chi connectivity index (χ3n) is 4.15. The summed E-state index contributed by atoms with van der Waals surface area (Å²) in [4.78, 5) is 13.6. The molecule has 1 aliphatic rings. The fraction of sp³-hybridized carbons (Fsp3) is 0.579. The summed E-state index contributed by atoms with van der Waals surface area (Å²) >= 11 is 0. The minimum Gasteiger partial charge on any atom is -0.381 e. The molecule has 0 bridgehead atoms. The van der Waals surface area contributed by atoms with Crippen molar-refractivity contribution in [3.05, 3.63) is 28.8 Å². The van der Waals surface area contributed by atoms with Crippen LogP contribution in [-0.2, 0) is 22.4 Å². The van der Waals surface area contributed by atoms with Gasteiger partial charge in [-0.15, -0.1) is 0 Å². The second kappa shape index (κ2) is 8.69. The number of nitriles is 1. The standard InChI is InChI=1S/C19H26N2O2/c1-3-4-9-23-10-5-7-21-8-6-17-12-16(11-15(2)22)13-18(14-20)19(17)21/h12-13H,3-11H2,1-2H3. The Morgan fingerprint density at radius 2 is 2.13 bits per heavy atom. The van der Waals surface area contributed by atoms with Crippen LogP contribution in [0, 0.1) is 11.3 Å². The second-order valence-electron chi connectivity index (χ2n) is 6.20. The molecular formula is C19H26N2O2. The van der Waals surface area contributed by atoms with Crippen molar-refractivity contribution in [3.8, 4) is 6.07 Å². The van der Waals surface area contributed by atoms with Crippen LogP contribution in [0.5, 0.6) is 0 Å². The Hall–Kier alpha value is -1.86. The molecule has 0 amide bonds. The van der Waals surface area contributed by atoms with Gasteiger partial charge in [0.15, 0.2) is 0 Å². The zero-order chi connectivity index (χ0) is 16.7. The van der Waals surface area contributed by atoms with E-state index in [-0.39, 0.29) is 5.78 Å². The van der Waals surface area contributed by atoms with Crippen LogP contribution in [0.1, 0.15) is 49.8 Å². The van der Waals surface area contributed by atoms with Gasteiger partial charge >= 0.3 is 0 Å². The minimum absolute atomic E-state index is 0.132. The molecule has 0 radical (unpaired) electrons. The minimum atomic E-state index is 0.132. The molecule has 0 N–H and O–H groups in total. The van der Waals surface area contributed by atoms with Crippen LogP contribution in [0.25, 0.3) is 0 Å². The van der Waals surface area contributed by atoms with Crippen molar-refractivity contribution in [3.63, 3.8) is 0 Å². The van der Waals surface area contributed by atoms with Gasteiger partial charge in [-0.1, -0.05) is 19.4 Å². The molecule has 1 aromatic carbocycles. The molecular weight excluding hydrogens is 288 g/mol. The highest BCUT2D eigenvalue weighted by Crippen LogP contribution is 2.33. The Morgan fingerprint density at radius 1 is 1.35 bits per heavy atom. The van der Waals surface area contributed by atoms with Crippen molar-refractivity contribution in [2.24, 2.45) is 0 Å².